The van der Waals surface area contributed by atoms with Crippen molar-refractivity contribution in [3.8, 4) is 11.5 Å². The summed E-state index contributed by atoms with van der Waals surface area (Å²) >= 11 is 6.01. The van der Waals surface area contributed by atoms with E-state index in [1.54, 1.807) is 30.3 Å². The minimum absolute atomic E-state index is 0.226. The lowest BCUT2D eigenvalue weighted by Gasteiger charge is -2.13. The van der Waals surface area contributed by atoms with Crippen molar-refractivity contribution in [2.75, 3.05) is 18.5 Å². The molecule has 3 aromatic rings. The quantitative estimate of drug-likeness (QED) is 0.173. The van der Waals surface area contributed by atoms with E-state index in [1.807, 2.05) is 44.2 Å². The predicted molar refractivity (Wildman–Crippen MR) is 156 cm³/mol. The van der Waals surface area contributed by atoms with Crippen LogP contribution in [0.5, 0.6) is 11.5 Å². The van der Waals surface area contributed by atoms with E-state index in [1.165, 1.54) is 11.8 Å². The maximum Gasteiger partial charge on any atom is 0.329 e. The lowest BCUT2D eigenvalue weighted by Crippen LogP contribution is -2.37. The number of carbonyl (C=O) groups excluding carboxylic acids is 3. The summed E-state index contributed by atoms with van der Waals surface area (Å²) in [7, 11) is 0. The molecule has 0 atom stereocenters. The molecule has 0 aliphatic carbocycles. The normalized spacial score (nSPS) is 10.8. The third-order valence-corrected chi connectivity index (χ3v) is 6.02. The molecule has 3 rings (SSSR count). The topological polar surface area (TPSA) is 118 Å². The van der Waals surface area contributed by atoms with Gasteiger partial charge in [-0.1, -0.05) is 55.8 Å². The summed E-state index contributed by atoms with van der Waals surface area (Å²) in [6, 6.07) is 18.0. The highest BCUT2D eigenvalue weighted by molar-refractivity contribution is 6.35. The van der Waals surface area contributed by atoms with Gasteiger partial charge in [0.25, 0.3) is 5.91 Å². The lowest BCUT2D eigenvalue weighted by atomic mass is 10.0. The molecule has 210 valence electrons. The minimum atomic E-state index is -0.888. The zero-order valence-electron chi connectivity index (χ0n) is 22.9. The summed E-state index contributed by atoms with van der Waals surface area (Å²) in [4.78, 5) is 36.6. The molecule has 0 radical (unpaired) electrons. The summed E-state index contributed by atoms with van der Waals surface area (Å²) in [5.74, 6) is -0.868. The van der Waals surface area contributed by atoms with Gasteiger partial charge in [0.1, 0.15) is 0 Å². The molecular weight excluding hydrogens is 532 g/mol. The fraction of sp³-hybridized carbons (Fsp3) is 0.267. The van der Waals surface area contributed by atoms with Gasteiger partial charge in [0, 0.05) is 17.3 Å². The second-order valence-electron chi connectivity index (χ2n) is 9.21. The smallest absolute Gasteiger partial charge is 0.329 e. The minimum Gasteiger partial charge on any atom is -0.490 e. The zero-order chi connectivity index (χ0) is 29.1. The molecule has 0 fully saturated rings. The Morgan fingerprint density at radius 2 is 1.70 bits per heavy atom. The van der Waals surface area contributed by atoms with E-state index in [-0.39, 0.29) is 19.1 Å². The largest absolute Gasteiger partial charge is 0.490 e. The van der Waals surface area contributed by atoms with Crippen LogP contribution < -0.4 is 25.5 Å². The van der Waals surface area contributed by atoms with Gasteiger partial charge in [0.2, 0.25) is 0 Å². The SMILES string of the molecule is CCOc1cc(/C=N\NC(=O)C(=O)NCc2ccc(C(C)C)cc2)ccc1OCC(=O)Nc1cc(Cl)ccc1C. The van der Waals surface area contributed by atoms with Crippen molar-refractivity contribution in [2.24, 2.45) is 5.10 Å². The molecule has 3 N–H and O–H groups in total. The van der Waals surface area contributed by atoms with Crippen LogP contribution in [0.15, 0.2) is 65.8 Å². The number of nitrogens with zero attached hydrogens (tertiary/aromatic N) is 1. The van der Waals surface area contributed by atoms with Gasteiger partial charge in [-0.3, -0.25) is 14.4 Å². The summed E-state index contributed by atoms with van der Waals surface area (Å²) in [6.07, 6.45) is 1.37. The Hall–Kier alpha value is -4.37. The number of amides is 3. The number of anilines is 1. The Morgan fingerprint density at radius 1 is 0.950 bits per heavy atom. The van der Waals surface area contributed by atoms with Crippen molar-refractivity contribution >= 4 is 41.2 Å². The summed E-state index contributed by atoms with van der Waals surface area (Å²) in [5, 5.41) is 9.72. The molecule has 10 heteroatoms. The van der Waals surface area contributed by atoms with Gasteiger partial charge >= 0.3 is 11.8 Å². The molecule has 0 saturated heterocycles. The molecule has 9 nitrogen and oxygen atoms in total. The second kappa shape index (κ2) is 14.7. The number of rotatable bonds is 11. The Bertz CT molecular complexity index is 1370. The monoisotopic (exact) mass is 564 g/mol. The van der Waals surface area contributed by atoms with E-state index >= 15 is 0 Å². The lowest BCUT2D eigenvalue weighted by molar-refractivity contribution is -0.139. The van der Waals surface area contributed by atoms with Gasteiger partial charge < -0.3 is 20.1 Å². The van der Waals surface area contributed by atoms with E-state index in [0.717, 1.165) is 11.1 Å². The molecule has 0 heterocycles. The average molecular weight is 565 g/mol. The maximum absolute atomic E-state index is 12.4. The van der Waals surface area contributed by atoms with E-state index in [0.29, 0.717) is 40.3 Å². The highest BCUT2D eigenvalue weighted by Crippen LogP contribution is 2.28. The van der Waals surface area contributed by atoms with Crippen LogP contribution in [-0.2, 0) is 20.9 Å². The van der Waals surface area contributed by atoms with Gasteiger partial charge in [-0.15, -0.1) is 0 Å². The molecule has 0 aromatic heterocycles. The van der Waals surface area contributed by atoms with Gasteiger partial charge in [0.05, 0.1) is 12.8 Å². The van der Waals surface area contributed by atoms with Crippen molar-refractivity contribution in [3.63, 3.8) is 0 Å². The molecule has 3 aromatic carbocycles. The highest BCUT2D eigenvalue weighted by Gasteiger charge is 2.13. The number of carbonyl (C=O) groups is 3. The number of nitrogens with one attached hydrogen (secondary N) is 3. The van der Waals surface area contributed by atoms with Gasteiger partial charge in [0.15, 0.2) is 18.1 Å². The number of ether oxygens (including phenoxy) is 2. The van der Waals surface area contributed by atoms with E-state index in [4.69, 9.17) is 21.1 Å². The number of hydrazone groups is 1. The third kappa shape index (κ3) is 9.13. The van der Waals surface area contributed by atoms with Crippen molar-refractivity contribution in [1.82, 2.24) is 10.7 Å². The van der Waals surface area contributed by atoms with Crippen LogP contribution in [-0.4, -0.2) is 37.1 Å². The first-order chi connectivity index (χ1) is 19.2. The van der Waals surface area contributed by atoms with Gasteiger partial charge in [-0.05, 0) is 72.4 Å². The van der Waals surface area contributed by atoms with Crippen LogP contribution >= 0.6 is 11.6 Å². The van der Waals surface area contributed by atoms with Crippen LogP contribution in [0.25, 0.3) is 0 Å². The van der Waals surface area contributed by atoms with E-state index < -0.39 is 11.8 Å². The molecule has 3 amide bonds. The fourth-order valence-corrected chi connectivity index (χ4v) is 3.72. The zero-order valence-corrected chi connectivity index (χ0v) is 23.7. The average Bonchev–Trinajstić information content (AvgIpc) is 2.93. The second-order valence-corrected chi connectivity index (χ2v) is 9.65. The highest BCUT2D eigenvalue weighted by atomic mass is 35.5. The number of halogens is 1. The van der Waals surface area contributed by atoms with Crippen LogP contribution in [0.3, 0.4) is 0 Å². The number of hydrogen-bond acceptors (Lipinski definition) is 6. The molecule has 0 bridgehead atoms. The van der Waals surface area contributed by atoms with Gasteiger partial charge in [-0.25, -0.2) is 5.43 Å². The van der Waals surface area contributed by atoms with Crippen molar-refractivity contribution in [1.29, 1.82) is 0 Å². The number of aryl methyl sites for hydroxylation is 1. The Labute approximate surface area is 238 Å². The van der Waals surface area contributed by atoms with Crippen LogP contribution in [0.4, 0.5) is 5.69 Å². The molecule has 0 saturated carbocycles. The third-order valence-electron chi connectivity index (χ3n) is 5.79. The van der Waals surface area contributed by atoms with Gasteiger partial charge in [-0.2, -0.15) is 5.10 Å². The predicted octanol–water partition coefficient (Wildman–Crippen LogP) is 4.95. The Balaban J connectivity index is 1.52. The van der Waals surface area contributed by atoms with Crippen molar-refractivity contribution < 1.29 is 23.9 Å². The Morgan fingerprint density at radius 3 is 2.40 bits per heavy atom. The number of hydrogen-bond donors (Lipinski definition) is 3. The first-order valence-corrected chi connectivity index (χ1v) is 13.2. The van der Waals surface area contributed by atoms with Crippen LogP contribution in [0.1, 0.15) is 48.9 Å². The van der Waals surface area contributed by atoms with Crippen molar-refractivity contribution in [3.05, 3.63) is 87.9 Å². The summed E-state index contributed by atoms with van der Waals surface area (Å²) in [5.41, 5.74) is 6.36. The number of benzene rings is 3. The molecule has 0 spiro atoms. The molecule has 0 aliphatic heterocycles. The molecular formula is C30H33ClN4O5. The van der Waals surface area contributed by atoms with Crippen LogP contribution in [0.2, 0.25) is 5.02 Å². The van der Waals surface area contributed by atoms with E-state index in [2.05, 4.69) is 35.0 Å². The van der Waals surface area contributed by atoms with Crippen LogP contribution in [0, 0.1) is 6.92 Å². The fourth-order valence-electron chi connectivity index (χ4n) is 3.55. The first-order valence-electron chi connectivity index (χ1n) is 12.8. The molecule has 0 unspecified atom stereocenters. The molecule has 0 aliphatic rings. The first kappa shape index (κ1) is 30.2. The summed E-state index contributed by atoms with van der Waals surface area (Å²) < 4.78 is 11.3. The summed E-state index contributed by atoms with van der Waals surface area (Å²) in [6.45, 7) is 8.23. The standard InChI is InChI=1S/C30H33ClN4O5/c1-5-39-27-14-22(9-13-26(27)40-18-28(36)34-25-15-24(31)12-6-20(25)4)17-33-35-30(38)29(37)32-16-21-7-10-23(11-8-21)19(2)3/h6-15,17,19H,5,16,18H2,1-4H3,(H,32,37)(H,34,36)(H,35,38)/b33-17-. The molecule has 40 heavy (non-hydrogen) atoms. The van der Waals surface area contributed by atoms with E-state index in [9.17, 15) is 14.4 Å². The van der Waals surface area contributed by atoms with Crippen molar-refractivity contribution in [2.45, 2.75) is 40.2 Å². The Kier molecular flexibility index (Phi) is 11.1. The maximum atomic E-state index is 12.4.